The van der Waals surface area contributed by atoms with Crippen LogP contribution >= 0.6 is 0 Å². The summed E-state index contributed by atoms with van der Waals surface area (Å²) in [5.41, 5.74) is 0.222. The van der Waals surface area contributed by atoms with Gasteiger partial charge in [0.1, 0.15) is 5.72 Å². The lowest BCUT2D eigenvalue weighted by Crippen LogP contribution is -2.60. The quantitative estimate of drug-likeness (QED) is 0.775. The second kappa shape index (κ2) is 7.07. The molecular formula is C19H23N2O5-. The van der Waals surface area contributed by atoms with E-state index in [1.165, 1.54) is 4.90 Å². The molecule has 3 rings (SSSR count). The lowest BCUT2D eigenvalue weighted by molar-refractivity contribution is -0.310. The van der Waals surface area contributed by atoms with Crippen LogP contribution in [0.2, 0.25) is 0 Å². The molecule has 1 atom stereocenters. The summed E-state index contributed by atoms with van der Waals surface area (Å²) in [6.45, 7) is 4.39. The maximum atomic E-state index is 13.2. The molecule has 0 unspecified atom stereocenters. The van der Waals surface area contributed by atoms with Gasteiger partial charge in [0.15, 0.2) is 0 Å². The number of amides is 2. The van der Waals surface area contributed by atoms with Crippen LogP contribution in [0.15, 0.2) is 24.3 Å². The summed E-state index contributed by atoms with van der Waals surface area (Å²) in [7, 11) is 0. The summed E-state index contributed by atoms with van der Waals surface area (Å²) in [5.74, 6) is -1.65. The van der Waals surface area contributed by atoms with Crippen molar-refractivity contribution in [1.29, 1.82) is 0 Å². The van der Waals surface area contributed by atoms with Crippen LogP contribution in [-0.2, 0) is 14.3 Å². The Balaban J connectivity index is 1.91. The van der Waals surface area contributed by atoms with E-state index >= 15 is 0 Å². The van der Waals surface area contributed by atoms with Crippen molar-refractivity contribution in [3.05, 3.63) is 35.4 Å². The zero-order valence-corrected chi connectivity index (χ0v) is 15.1. The minimum Gasteiger partial charge on any atom is -0.548 e. The van der Waals surface area contributed by atoms with E-state index in [1.807, 2.05) is 19.1 Å². The number of ether oxygens (including phenoxy) is 1. The Kier molecular flexibility index (Phi) is 5.00. The number of likely N-dealkylation sites (tertiary alicyclic amines) is 1. The van der Waals surface area contributed by atoms with Crippen LogP contribution in [0.4, 0.5) is 0 Å². The molecule has 2 aliphatic heterocycles. The molecule has 2 aliphatic rings. The van der Waals surface area contributed by atoms with Gasteiger partial charge in [-0.1, -0.05) is 25.1 Å². The molecule has 1 aromatic carbocycles. The summed E-state index contributed by atoms with van der Waals surface area (Å²) in [6.07, 6.45) is 1.20. The zero-order chi connectivity index (χ0) is 18.9. The number of carbonyl (C=O) groups excluding carboxylic acids is 3. The predicted octanol–water partition coefficient (Wildman–Crippen LogP) is 0.315. The molecule has 0 aliphatic carbocycles. The molecule has 0 N–H and O–H groups in total. The number of benzene rings is 1. The van der Waals surface area contributed by atoms with Crippen LogP contribution < -0.4 is 5.11 Å². The average molecular weight is 359 g/mol. The van der Waals surface area contributed by atoms with Crippen LogP contribution in [0, 0.1) is 6.92 Å². The third-order valence-corrected chi connectivity index (χ3v) is 5.33. The summed E-state index contributed by atoms with van der Waals surface area (Å²) in [4.78, 5) is 39.8. The lowest BCUT2D eigenvalue weighted by Gasteiger charge is -2.45. The number of nitrogens with zero attached hydrogens (tertiary/aromatic N) is 2. The number of aliphatic carboxylic acids is 1. The van der Waals surface area contributed by atoms with Crippen molar-refractivity contribution in [3.63, 3.8) is 0 Å². The number of piperidine rings is 1. The topological polar surface area (TPSA) is 90.0 Å². The average Bonchev–Trinajstić information content (AvgIpc) is 3.00. The fourth-order valence-corrected chi connectivity index (χ4v) is 3.82. The van der Waals surface area contributed by atoms with Gasteiger partial charge in [-0.2, -0.15) is 0 Å². The Morgan fingerprint density at radius 1 is 1.23 bits per heavy atom. The van der Waals surface area contributed by atoms with Gasteiger partial charge < -0.3 is 19.5 Å². The summed E-state index contributed by atoms with van der Waals surface area (Å²) >= 11 is 0. The van der Waals surface area contributed by atoms with Crippen molar-refractivity contribution in [3.8, 4) is 0 Å². The first-order valence-electron chi connectivity index (χ1n) is 8.91. The number of carboxylic acid groups (broad SMARTS) is 1. The standard InChI is InChI=1S/C19H24N2O5/c1-3-16(22)20-10-8-19(9-11-20)21(15(12-26-19)18(24)25)17(23)14-7-5-4-6-13(14)2/h4-7,15H,3,8-12H2,1-2H3,(H,24,25)/p-1/t15-/m1/s1. The molecule has 26 heavy (non-hydrogen) atoms. The number of carbonyl (C=O) groups is 3. The minimum absolute atomic E-state index is 0.0473. The molecule has 7 nitrogen and oxygen atoms in total. The monoisotopic (exact) mass is 359 g/mol. The third-order valence-electron chi connectivity index (χ3n) is 5.33. The van der Waals surface area contributed by atoms with Gasteiger partial charge in [0, 0.05) is 37.9 Å². The summed E-state index contributed by atoms with van der Waals surface area (Å²) in [6, 6.07) is 5.95. The highest BCUT2D eigenvalue weighted by atomic mass is 16.5. The van der Waals surface area contributed by atoms with E-state index in [9.17, 15) is 19.5 Å². The highest BCUT2D eigenvalue weighted by molar-refractivity contribution is 5.98. The minimum atomic E-state index is -1.32. The Bertz CT molecular complexity index is 724. The van der Waals surface area contributed by atoms with Gasteiger partial charge in [-0.25, -0.2) is 0 Å². The molecule has 0 radical (unpaired) electrons. The predicted molar refractivity (Wildman–Crippen MR) is 90.9 cm³/mol. The van der Waals surface area contributed by atoms with Gasteiger partial charge in [-0.05, 0) is 18.6 Å². The van der Waals surface area contributed by atoms with Crippen molar-refractivity contribution >= 4 is 17.8 Å². The Labute approximate surface area is 152 Å². The summed E-state index contributed by atoms with van der Waals surface area (Å²) < 4.78 is 5.86. The number of aryl methyl sites for hydroxylation is 1. The highest BCUT2D eigenvalue weighted by Crippen LogP contribution is 2.38. The van der Waals surface area contributed by atoms with E-state index in [1.54, 1.807) is 24.0 Å². The maximum Gasteiger partial charge on any atom is 0.257 e. The van der Waals surface area contributed by atoms with E-state index in [0.29, 0.717) is 37.9 Å². The van der Waals surface area contributed by atoms with Gasteiger partial charge in [-0.15, -0.1) is 0 Å². The maximum absolute atomic E-state index is 13.2. The first kappa shape index (κ1) is 18.4. The van der Waals surface area contributed by atoms with Crippen molar-refractivity contribution in [2.45, 2.75) is 44.9 Å². The smallest absolute Gasteiger partial charge is 0.257 e. The first-order chi connectivity index (χ1) is 12.4. The number of hydrogen-bond donors (Lipinski definition) is 0. The van der Waals surface area contributed by atoms with E-state index in [0.717, 1.165) is 5.56 Å². The molecule has 2 fully saturated rings. The molecule has 1 spiro atoms. The van der Waals surface area contributed by atoms with Crippen LogP contribution in [0.25, 0.3) is 0 Å². The lowest BCUT2D eigenvalue weighted by atomic mass is 9.96. The van der Waals surface area contributed by atoms with Crippen LogP contribution in [0.1, 0.15) is 42.1 Å². The fourth-order valence-electron chi connectivity index (χ4n) is 3.82. The van der Waals surface area contributed by atoms with Gasteiger partial charge in [0.05, 0.1) is 18.6 Å². The van der Waals surface area contributed by atoms with E-state index in [2.05, 4.69) is 0 Å². The Morgan fingerprint density at radius 2 is 1.88 bits per heavy atom. The number of hydrogen-bond acceptors (Lipinski definition) is 5. The first-order valence-corrected chi connectivity index (χ1v) is 8.91. The zero-order valence-electron chi connectivity index (χ0n) is 15.1. The van der Waals surface area contributed by atoms with Crippen molar-refractivity contribution in [2.24, 2.45) is 0 Å². The molecule has 0 aromatic heterocycles. The molecule has 140 valence electrons. The summed E-state index contributed by atoms with van der Waals surface area (Å²) in [5, 5.41) is 11.6. The number of rotatable bonds is 3. The molecule has 2 heterocycles. The van der Waals surface area contributed by atoms with Crippen molar-refractivity contribution < 1.29 is 24.2 Å². The highest BCUT2D eigenvalue weighted by Gasteiger charge is 2.52. The van der Waals surface area contributed by atoms with Gasteiger partial charge in [-0.3, -0.25) is 14.5 Å². The van der Waals surface area contributed by atoms with Crippen molar-refractivity contribution in [2.75, 3.05) is 19.7 Å². The normalized spacial score (nSPS) is 21.8. The van der Waals surface area contributed by atoms with E-state index in [-0.39, 0.29) is 18.4 Å². The third kappa shape index (κ3) is 3.07. The second-order valence-electron chi connectivity index (χ2n) is 6.82. The van der Waals surface area contributed by atoms with Crippen LogP contribution in [0.3, 0.4) is 0 Å². The van der Waals surface area contributed by atoms with Gasteiger partial charge in [0.2, 0.25) is 5.91 Å². The molecule has 2 amide bonds. The van der Waals surface area contributed by atoms with E-state index < -0.39 is 17.7 Å². The van der Waals surface area contributed by atoms with Crippen molar-refractivity contribution in [1.82, 2.24) is 9.80 Å². The van der Waals surface area contributed by atoms with Gasteiger partial charge in [0.25, 0.3) is 5.91 Å². The number of carboxylic acids is 1. The molecule has 0 bridgehead atoms. The SMILES string of the molecule is CCC(=O)N1CCC2(CC1)OC[C@H](C(=O)[O-])N2C(=O)c1ccccc1C. The molecule has 2 saturated heterocycles. The largest absolute Gasteiger partial charge is 0.548 e. The second-order valence-corrected chi connectivity index (χ2v) is 6.82. The fraction of sp³-hybridized carbons (Fsp3) is 0.526. The molecule has 1 aromatic rings. The Hall–Kier alpha value is -2.41. The van der Waals surface area contributed by atoms with Gasteiger partial charge >= 0.3 is 0 Å². The Morgan fingerprint density at radius 3 is 2.46 bits per heavy atom. The van der Waals surface area contributed by atoms with E-state index in [4.69, 9.17) is 4.74 Å². The molecule has 7 heteroatoms. The molecular weight excluding hydrogens is 336 g/mol. The molecule has 0 saturated carbocycles. The van der Waals surface area contributed by atoms with Crippen LogP contribution in [-0.4, -0.2) is 59.0 Å². The van der Waals surface area contributed by atoms with Crippen LogP contribution in [0.5, 0.6) is 0 Å².